The predicted molar refractivity (Wildman–Crippen MR) is 92.9 cm³/mol. The third kappa shape index (κ3) is 5.11. The maximum atomic E-state index is 12.2. The molecule has 0 unspecified atom stereocenters. The van der Waals surface area contributed by atoms with Gasteiger partial charge in [-0.1, -0.05) is 0 Å². The molecule has 24 heavy (non-hydrogen) atoms. The normalized spacial score (nSPS) is 11.4. The standard InChI is InChI=1S/C18H19NO4Se/c1-22-14-8-10-15(11-9-14)24-12-16(18(21)23-2)19-17(20)13-6-4-3-5-7-13/h3-11,16H,12H2,1-2H3,(H,19,20)/t16-/m0/s1. The van der Waals surface area contributed by atoms with E-state index in [0.717, 1.165) is 10.2 Å². The van der Waals surface area contributed by atoms with Gasteiger partial charge in [-0.05, 0) is 0 Å². The number of esters is 1. The number of rotatable bonds is 7. The van der Waals surface area contributed by atoms with Crippen LogP contribution in [0.4, 0.5) is 0 Å². The van der Waals surface area contributed by atoms with Crippen molar-refractivity contribution in [2.75, 3.05) is 14.2 Å². The van der Waals surface area contributed by atoms with Crippen LogP contribution in [0.1, 0.15) is 10.4 Å². The molecule has 0 radical (unpaired) electrons. The van der Waals surface area contributed by atoms with E-state index in [-0.39, 0.29) is 20.9 Å². The quantitative estimate of drug-likeness (QED) is 0.572. The van der Waals surface area contributed by atoms with Gasteiger partial charge in [0.1, 0.15) is 0 Å². The van der Waals surface area contributed by atoms with Crippen LogP contribution in [0.3, 0.4) is 0 Å². The molecule has 0 aliphatic heterocycles. The summed E-state index contributed by atoms with van der Waals surface area (Å²) in [6.45, 7) is 0. The van der Waals surface area contributed by atoms with Crippen molar-refractivity contribution in [1.29, 1.82) is 0 Å². The van der Waals surface area contributed by atoms with Gasteiger partial charge in [0, 0.05) is 0 Å². The minimum atomic E-state index is -0.662. The fourth-order valence-electron chi connectivity index (χ4n) is 1.99. The fraction of sp³-hybridized carbons (Fsp3) is 0.222. The van der Waals surface area contributed by atoms with Crippen LogP contribution in [-0.4, -0.2) is 47.1 Å². The van der Waals surface area contributed by atoms with Crippen molar-refractivity contribution in [2.24, 2.45) is 0 Å². The Bertz CT molecular complexity index is 673. The monoisotopic (exact) mass is 393 g/mol. The summed E-state index contributed by atoms with van der Waals surface area (Å²) >= 11 is 0.0229. The molecule has 0 fully saturated rings. The first-order valence-corrected chi connectivity index (χ1v) is 9.41. The summed E-state index contributed by atoms with van der Waals surface area (Å²) in [5, 5.41) is 3.27. The van der Waals surface area contributed by atoms with E-state index in [0.29, 0.717) is 10.9 Å². The second-order valence-electron chi connectivity index (χ2n) is 4.90. The molecule has 0 aliphatic rings. The molecular weight excluding hydrogens is 373 g/mol. The zero-order valence-electron chi connectivity index (χ0n) is 13.5. The van der Waals surface area contributed by atoms with Crippen LogP contribution >= 0.6 is 0 Å². The summed E-state index contributed by atoms with van der Waals surface area (Å²) in [5.41, 5.74) is 0.517. The Labute approximate surface area is 147 Å². The van der Waals surface area contributed by atoms with Gasteiger partial charge in [-0.2, -0.15) is 0 Å². The van der Waals surface area contributed by atoms with Crippen LogP contribution in [0.25, 0.3) is 0 Å². The van der Waals surface area contributed by atoms with Gasteiger partial charge in [0.25, 0.3) is 0 Å². The number of hydrogen-bond donors (Lipinski definition) is 1. The van der Waals surface area contributed by atoms with Crippen LogP contribution in [0.2, 0.25) is 5.32 Å². The molecule has 0 spiro atoms. The topological polar surface area (TPSA) is 64.6 Å². The first-order valence-electron chi connectivity index (χ1n) is 7.34. The Balaban J connectivity index is 2.00. The van der Waals surface area contributed by atoms with Crippen LogP contribution in [0.15, 0.2) is 54.6 Å². The number of benzene rings is 2. The summed E-state index contributed by atoms with van der Waals surface area (Å²) in [4.78, 5) is 24.2. The van der Waals surface area contributed by atoms with E-state index in [1.807, 2.05) is 30.3 Å². The molecule has 1 N–H and O–H groups in total. The third-order valence-electron chi connectivity index (χ3n) is 3.30. The number of carbonyl (C=O) groups is 2. The van der Waals surface area contributed by atoms with E-state index in [2.05, 4.69) is 5.32 Å². The summed E-state index contributed by atoms with van der Waals surface area (Å²) in [7, 11) is 2.94. The van der Waals surface area contributed by atoms with Crippen molar-refractivity contribution < 1.29 is 19.1 Å². The Kier molecular flexibility index (Phi) is 6.85. The second-order valence-corrected chi connectivity index (χ2v) is 7.20. The van der Waals surface area contributed by atoms with Crippen molar-refractivity contribution in [2.45, 2.75) is 11.4 Å². The molecule has 6 heteroatoms. The molecule has 1 atom stereocenters. The molecule has 0 bridgehead atoms. The SMILES string of the molecule is COC(=O)[C@H](C[Se]c1ccc(OC)cc1)NC(=O)c1ccccc1. The predicted octanol–water partition coefficient (Wildman–Crippen LogP) is 1.41. The molecule has 2 aromatic rings. The molecule has 0 aromatic heterocycles. The zero-order valence-corrected chi connectivity index (χ0v) is 15.2. The van der Waals surface area contributed by atoms with Gasteiger partial charge in [0.2, 0.25) is 0 Å². The van der Waals surface area contributed by atoms with Crippen molar-refractivity contribution in [1.82, 2.24) is 5.32 Å². The molecule has 5 nitrogen and oxygen atoms in total. The average Bonchev–Trinajstić information content (AvgIpc) is 2.65. The number of amides is 1. The van der Waals surface area contributed by atoms with E-state index in [9.17, 15) is 9.59 Å². The number of hydrogen-bond acceptors (Lipinski definition) is 4. The zero-order chi connectivity index (χ0) is 17.4. The summed E-state index contributed by atoms with van der Waals surface area (Å²) in [6.07, 6.45) is 0. The van der Waals surface area contributed by atoms with Crippen molar-refractivity contribution in [3.05, 3.63) is 60.2 Å². The maximum absolute atomic E-state index is 12.2. The molecule has 0 heterocycles. The van der Waals surface area contributed by atoms with Gasteiger partial charge in [-0.3, -0.25) is 0 Å². The Morgan fingerprint density at radius 2 is 1.71 bits per heavy atom. The fourth-order valence-corrected chi connectivity index (χ4v) is 3.90. The van der Waals surface area contributed by atoms with Crippen molar-refractivity contribution in [3.8, 4) is 5.75 Å². The van der Waals surface area contributed by atoms with Gasteiger partial charge >= 0.3 is 147 Å². The summed E-state index contributed by atoms with van der Waals surface area (Å²) < 4.78 is 11.1. The second kappa shape index (κ2) is 9.11. The molecule has 0 saturated heterocycles. The van der Waals surface area contributed by atoms with E-state index in [4.69, 9.17) is 9.47 Å². The van der Waals surface area contributed by atoms with Gasteiger partial charge in [0.05, 0.1) is 0 Å². The Hall–Kier alpha value is -2.30. The van der Waals surface area contributed by atoms with E-state index in [1.165, 1.54) is 7.11 Å². The van der Waals surface area contributed by atoms with Crippen molar-refractivity contribution >= 4 is 31.3 Å². The molecule has 0 aliphatic carbocycles. The molecule has 2 aromatic carbocycles. The molecule has 0 saturated carbocycles. The van der Waals surface area contributed by atoms with E-state index >= 15 is 0 Å². The molecular formula is C18H19NO4Se. The first kappa shape index (κ1) is 18.0. The van der Waals surface area contributed by atoms with Crippen LogP contribution < -0.4 is 14.5 Å². The molecule has 2 rings (SSSR count). The number of ether oxygens (including phenoxy) is 2. The first-order chi connectivity index (χ1) is 11.6. The third-order valence-corrected chi connectivity index (χ3v) is 5.62. The molecule has 1 amide bonds. The van der Waals surface area contributed by atoms with Gasteiger partial charge < -0.3 is 0 Å². The van der Waals surface area contributed by atoms with Gasteiger partial charge in [-0.15, -0.1) is 0 Å². The van der Waals surface area contributed by atoms with Crippen molar-refractivity contribution in [3.63, 3.8) is 0 Å². The van der Waals surface area contributed by atoms with E-state index < -0.39 is 12.0 Å². The summed E-state index contributed by atoms with van der Waals surface area (Å²) in [6, 6.07) is 15.8. The Morgan fingerprint density at radius 1 is 1.04 bits per heavy atom. The number of carbonyl (C=O) groups excluding carboxylic acids is 2. The number of nitrogens with one attached hydrogen (secondary N) is 1. The summed E-state index contributed by atoms with van der Waals surface area (Å²) in [5.74, 6) is 0.0719. The molecule has 126 valence electrons. The number of methoxy groups -OCH3 is 2. The minimum absolute atomic E-state index is 0.0229. The van der Waals surface area contributed by atoms with Crippen LogP contribution in [-0.2, 0) is 9.53 Å². The van der Waals surface area contributed by atoms with Gasteiger partial charge in [-0.25, -0.2) is 0 Å². The van der Waals surface area contributed by atoms with E-state index in [1.54, 1.807) is 31.4 Å². The van der Waals surface area contributed by atoms with Crippen LogP contribution in [0, 0.1) is 0 Å². The van der Waals surface area contributed by atoms with Gasteiger partial charge in [0.15, 0.2) is 0 Å². The van der Waals surface area contributed by atoms with Crippen LogP contribution in [0.5, 0.6) is 5.75 Å². The average molecular weight is 392 g/mol. The Morgan fingerprint density at radius 3 is 2.29 bits per heavy atom.